The Kier molecular flexibility index (Phi) is 5.71. The third kappa shape index (κ3) is 4.06. The minimum absolute atomic E-state index is 0.0107. The number of hydrogen-bond donors (Lipinski definition) is 1. The zero-order valence-corrected chi connectivity index (χ0v) is 10.7. The maximum atomic E-state index is 13.1. The van der Waals surface area contributed by atoms with Gasteiger partial charge in [-0.2, -0.15) is 0 Å². The van der Waals surface area contributed by atoms with Crippen LogP contribution >= 0.6 is 22.6 Å². The van der Waals surface area contributed by atoms with E-state index in [1.54, 1.807) is 22.6 Å². The second-order valence-electron chi connectivity index (χ2n) is 3.24. The van der Waals surface area contributed by atoms with Crippen molar-refractivity contribution in [2.75, 3.05) is 6.61 Å². The summed E-state index contributed by atoms with van der Waals surface area (Å²) in [5.74, 6) is 4.34. The largest absolute Gasteiger partial charge is 0.396 e. The normalized spacial score (nSPS) is 9.75. The Bertz CT molecular complexity index is 398. The van der Waals surface area contributed by atoms with Gasteiger partial charge in [0.15, 0.2) is 0 Å². The summed E-state index contributed by atoms with van der Waals surface area (Å²) in [4.78, 5) is 0. The Balaban J connectivity index is 2.67. The van der Waals surface area contributed by atoms with Gasteiger partial charge in [-0.3, -0.25) is 0 Å². The van der Waals surface area contributed by atoms with Gasteiger partial charge >= 0.3 is 0 Å². The molecule has 0 saturated heterocycles. The van der Waals surface area contributed by atoms with Crippen LogP contribution in [0.25, 0.3) is 0 Å². The molecule has 0 bridgehead atoms. The van der Waals surface area contributed by atoms with Crippen molar-refractivity contribution in [3.63, 3.8) is 0 Å². The third-order valence-corrected chi connectivity index (χ3v) is 2.96. The molecular weight excluding hydrogens is 325 g/mol. The van der Waals surface area contributed by atoms with Crippen LogP contribution in [0, 0.1) is 27.0 Å². The van der Waals surface area contributed by atoms with E-state index in [0.717, 1.165) is 6.42 Å². The van der Waals surface area contributed by atoms with Gasteiger partial charge in [-0.25, -0.2) is 8.78 Å². The average Bonchev–Trinajstić information content (AvgIpc) is 2.25. The Morgan fingerprint density at radius 1 is 1.19 bits per heavy atom. The Labute approximate surface area is 107 Å². The lowest BCUT2D eigenvalue weighted by molar-refractivity contribution is 0.285. The lowest BCUT2D eigenvalue weighted by Crippen LogP contribution is -1.90. The maximum Gasteiger partial charge on any atom is 0.140 e. The molecular formula is C12H11F2IO. The molecule has 1 aromatic rings. The first-order valence-corrected chi connectivity index (χ1v) is 5.97. The summed E-state index contributed by atoms with van der Waals surface area (Å²) in [6, 6.07) is 2.45. The van der Waals surface area contributed by atoms with Gasteiger partial charge in [0.2, 0.25) is 0 Å². The van der Waals surface area contributed by atoms with Crippen molar-refractivity contribution in [2.24, 2.45) is 0 Å². The van der Waals surface area contributed by atoms with Crippen LogP contribution in [0.2, 0.25) is 0 Å². The Morgan fingerprint density at radius 2 is 1.81 bits per heavy atom. The lowest BCUT2D eigenvalue weighted by atomic mass is 10.2. The molecule has 0 radical (unpaired) electrons. The molecule has 0 aliphatic rings. The lowest BCUT2D eigenvalue weighted by Gasteiger charge is -1.97. The van der Waals surface area contributed by atoms with E-state index in [0.29, 0.717) is 18.4 Å². The molecule has 0 heterocycles. The molecule has 1 aromatic carbocycles. The fraction of sp³-hybridized carbons (Fsp3) is 0.333. The minimum atomic E-state index is -0.583. The molecule has 1 rings (SSSR count). The van der Waals surface area contributed by atoms with Crippen molar-refractivity contribution in [1.82, 2.24) is 0 Å². The van der Waals surface area contributed by atoms with Crippen LogP contribution in [0.1, 0.15) is 24.8 Å². The van der Waals surface area contributed by atoms with Gasteiger partial charge in [-0.15, -0.1) is 0 Å². The number of halogens is 3. The van der Waals surface area contributed by atoms with E-state index >= 15 is 0 Å². The topological polar surface area (TPSA) is 20.2 Å². The number of rotatable bonds is 3. The molecule has 16 heavy (non-hydrogen) atoms. The Morgan fingerprint density at radius 3 is 2.38 bits per heavy atom. The van der Waals surface area contributed by atoms with Crippen molar-refractivity contribution in [2.45, 2.75) is 19.3 Å². The van der Waals surface area contributed by atoms with Gasteiger partial charge in [0.1, 0.15) is 11.6 Å². The summed E-state index contributed by atoms with van der Waals surface area (Å²) in [6.07, 6.45) is 2.11. The van der Waals surface area contributed by atoms with E-state index in [1.165, 1.54) is 12.1 Å². The smallest absolute Gasteiger partial charge is 0.140 e. The zero-order valence-electron chi connectivity index (χ0n) is 8.56. The van der Waals surface area contributed by atoms with E-state index in [4.69, 9.17) is 5.11 Å². The average molecular weight is 336 g/mol. The van der Waals surface area contributed by atoms with Crippen LogP contribution in [-0.4, -0.2) is 11.7 Å². The zero-order chi connectivity index (χ0) is 12.0. The highest BCUT2D eigenvalue weighted by molar-refractivity contribution is 14.1. The quantitative estimate of drug-likeness (QED) is 0.389. The van der Waals surface area contributed by atoms with E-state index in [-0.39, 0.29) is 10.2 Å². The number of aliphatic hydroxyl groups is 1. The number of unbranched alkanes of at least 4 members (excludes halogenated alkanes) is 2. The van der Waals surface area contributed by atoms with Crippen LogP contribution in [0.3, 0.4) is 0 Å². The molecule has 0 fully saturated rings. The molecule has 0 amide bonds. The van der Waals surface area contributed by atoms with Crippen LogP contribution in [0.4, 0.5) is 8.78 Å². The fourth-order valence-corrected chi connectivity index (χ4v) is 1.43. The number of hydrogen-bond acceptors (Lipinski definition) is 1. The highest BCUT2D eigenvalue weighted by atomic mass is 127. The van der Waals surface area contributed by atoms with Gasteiger partial charge in [0.25, 0.3) is 0 Å². The van der Waals surface area contributed by atoms with Crippen molar-refractivity contribution in [3.8, 4) is 11.8 Å². The molecule has 0 spiro atoms. The molecule has 0 aliphatic heterocycles. The molecule has 0 aliphatic carbocycles. The molecule has 0 atom stereocenters. The summed E-state index contributed by atoms with van der Waals surface area (Å²) >= 11 is 1.62. The second-order valence-corrected chi connectivity index (χ2v) is 4.32. The van der Waals surface area contributed by atoms with Gasteiger partial charge < -0.3 is 5.11 Å². The summed E-state index contributed by atoms with van der Waals surface area (Å²) in [7, 11) is 0. The highest BCUT2D eigenvalue weighted by Crippen LogP contribution is 2.16. The maximum absolute atomic E-state index is 13.1. The van der Waals surface area contributed by atoms with Crippen LogP contribution in [0.5, 0.6) is 0 Å². The van der Waals surface area contributed by atoms with Gasteiger partial charge in [0.05, 0.1) is 3.57 Å². The molecule has 1 N–H and O–H groups in total. The fourth-order valence-electron chi connectivity index (χ4n) is 1.12. The SMILES string of the molecule is OCCCCC#Cc1cc(F)c(I)c(F)c1. The monoisotopic (exact) mass is 336 g/mol. The standard InChI is InChI=1S/C12H11F2IO/c13-10-7-9(8-11(14)12(10)15)5-3-1-2-4-6-16/h7-8,16H,1-2,4,6H2. The molecule has 86 valence electrons. The molecule has 0 saturated carbocycles. The summed E-state index contributed by atoms with van der Waals surface area (Å²) in [5.41, 5.74) is 0.347. The summed E-state index contributed by atoms with van der Waals surface area (Å²) < 4.78 is 26.2. The van der Waals surface area contributed by atoms with Gasteiger partial charge in [0, 0.05) is 18.6 Å². The first-order valence-electron chi connectivity index (χ1n) is 4.89. The van der Waals surface area contributed by atoms with Gasteiger partial charge in [-0.1, -0.05) is 11.8 Å². The van der Waals surface area contributed by atoms with E-state index < -0.39 is 11.6 Å². The predicted molar refractivity (Wildman–Crippen MR) is 66.9 cm³/mol. The van der Waals surface area contributed by atoms with Crippen LogP contribution < -0.4 is 0 Å². The van der Waals surface area contributed by atoms with Crippen LogP contribution in [0.15, 0.2) is 12.1 Å². The van der Waals surface area contributed by atoms with E-state index in [2.05, 4.69) is 11.8 Å². The molecule has 4 heteroatoms. The van der Waals surface area contributed by atoms with Crippen LogP contribution in [-0.2, 0) is 0 Å². The van der Waals surface area contributed by atoms with Crippen molar-refractivity contribution in [3.05, 3.63) is 32.9 Å². The molecule has 0 unspecified atom stereocenters. The first kappa shape index (κ1) is 13.4. The van der Waals surface area contributed by atoms with Crippen molar-refractivity contribution >= 4 is 22.6 Å². The predicted octanol–water partition coefficient (Wildman–Crippen LogP) is 3.08. The summed E-state index contributed by atoms with van der Waals surface area (Å²) in [5, 5.41) is 8.54. The van der Waals surface area contributed by atoms with E-state index in [1.807, 2.05) is 0 Å². The number of benzene rings is 1. The summed E-state index contributed by atoms with van der Waals surface area (Å²) in [6.45, 7) is 0.147. The van der Waals surface area contributed by atoms with E-state index in [9.17, 15) is 8.78 Å². The number of aliphatic hydroxyl groups excluding tert-OH is 1. The van der Waals surface area contributed by atoms with Crippen molar-refractivity contribution in [1.29, 1.82) is 0 Å². The second kappa shape index (κ2) is 6.81. The Hall–Kier alpha value is -0.670. The van der Waals surface area contributed by atoms with Crippen molar-refractivity contribution < 1.29 is 13.9 Å². The third-order valence-electron chi connectivity index (χ3n) is 1.93. The van der Waals surface area contributed by atoms with Gasteiger partial charge in [-0.05, 0) is 47.6 Å². The first-order chi connectivity index (χ1) is 7.65. The molecule has 0 aromatic heterocycles. The molecule has 1 nitrogen and oxygen atoms in total. The highest BCUT2D eigenvalue weighted by Gasteiger charge is 2.06. The minimum Gasteiger partial charge on any atom is -0.396 e.